The average Bonchev–Trinajstić information content (AvgIpc) is 2.89. The predicted molar refractivity (Wildman–Crippen MR) is 81.6 cm³/mol. The van der Waals surface area contributed by atoms with Crippen molar-refractivity contribution >= 4 is 11.9 Å². The Morgan fingerprint density at radius 1 is 1.26 bits per heavy atom. The molecule has 2 unspecified atom stereocenters. The molecule has 0 aliphatic carbocycles. The van der Waals surface area contributed by atoms with Crippen LogP contribution in [0.1, 0.15) is 18.0 Å². The zero-order valence-electron chi connectivity index (χ0n) is 13.4. The molecule has 1 amide bonds. The number of methoxy groups -OCH3 is 3. The van der Waals surface area contributed by atoms with E-state index in [4.69, 9.17) is 14.2 Å². The zero-order chi connectivity index (χ0) is 17.0. The summed E-state index contributed by atoms with van der Waals surface area (Å²) in [5.41, 5.74) is 0.706. The summed E-state index contributed by atoms with van der Waals surface area (Å²) in [6, 6.07) is 4.65. The normalized spacial score (nSPS) is 20.7. The summed E-state index contributed by atoms with van der Waals surface area (Å²) < 4.78 is 15.5. The van der Waals surface area contributed by atoms with Gasteiger partial charge in [0.05, 0.1) is 32.8 Å². The fraction of sp³-hybridized carbons (Fsp3) is 0.500. The first kappa shape index (κ1) is 17.1. The number of hydrogen-bond acceptors (Lipinski definition) is 5. The second kappa shape index (κ2) is 7.32. The Morgan fingerprint density at radius 3 is 2.52 bits per heavy atom. The molecule has 1 saturated heterocycles. The number of aliphatic carboxylic acids is 1. The molecule has 126 valence electrons. The number of carboxylic acid groups (broad SMARTS) is 1. The van der Waals surface area contributed by atoms with Gasteiger partial charge in [0, 0.05) is 20.1 Å². The highest BCUT2D eigenvalue weighted by atomic mass is 16.5. The molecular weight excluding hydrogens is 302 g/mol. The van der Waals surface area contributed by atoms with Gasteiger partial charge in [-0.05, 0) is 17.7 Å². The lowest BCUT2D eigenvalue weighted by atomic mass is 9.93. The van der Waals surface area contributed by atoms with Crippen LogP contribution in [0.3, 0.4) is 0 Å². The number of likely N-dealkylation sites (tertiary alicyclic amines) is 1. The summed E-state index contributed by atoms with van der Waals surface area (Å²) >= 11 is 0. The Labute approximate surface area is 134 Å². The number of rotatable bonds is 7. The lowest BCUT2D eigenvalue weighted by molar-refractivity contribution is -0.142. The maximum absolute atomic E-state index is 12.2. The maximum Gasteiger partial charge on any atom is 0.309 e. The van der Waals surface area contributed by atoms with E-state index >= 15 is 0 Å². The van der Waals surface area contributed by atoms with Crippen molar-refractivity contribution in [3.05, 3.63) is 23.8 Å². The number of hydrogen-bond donors (Lipinski definition) is 1. The molecule has 0 aromatic heterocycles. The Hall–Kier alpha value is -2.28. The molecule has 7 heteroatoms. The molecule has 1 aliphatic rings. The van der Waals surface area contributed by atoms with Gasteiger partial charge in [-0.1, -0.05) is 6.07 Å². The summed E-state index contributed by atoms with van der Waals surface area (Å²) in [4.78, 5) is 25.3. The van der Waals surface area contributed by atoms with Crippen LogP contribution in [0.2, 0.25) is 0 Å². The summed E-state index contributed by atoms with van der Waals surface area (Å²) in [6.07, 6.45) is -0.0158. The number of nitrogens with zero attached hydrogens (tertiary/aromatic N) is 1. The van der Waals surface area contributed by atoms with Gasteiger partial charge in [0.1, 0.15) is 0 Å². The topological polar surface area (TPSA) is 85.3 Å². The zero-order valence-corrected chi connectivity index (χ0v) is 13.4. The average molecular weight is 323 g/mol. The molecule has 1 heterocycles. The smallest absolute Gasteiger partial charge is 0.309 e. The molecule has 2 rings (SSSR count). The third-order valence-electron chi connectivity index (χ3n) is 4.03. The van der Waals surface area contributed by atoms with Crippen LogP contribution in [0.5, 0.6) is 11.5 Å². The highest BCUT2D eigenvalue weighted by Gasteiger charge is 2.44. The fourth-order valence-corrected chi connectivity index (χ4v) is 2.91. The van der Waals surface area contributed by atoms with Crippen molar-refractivity contribution in [2.24, 2.45) is 5.92 Å². The van der Waals surface area contributed by atoms with E-state index in [1.54, 1.807) is 30.2 Å². The number of benzene rings is 1. The van der Waals surface area contributed by atoms with Crippen LogP contribution in [-0.2, 0) is 14.3 Å². The van der Waals surface area contributed by atoms with E-state index in [1.165, 1.54) is 14.2 Å². The summed E-state index contributed by atoms with van der Waals surface area (Å²) in [6.45, 7) is 0.694. The van der Waals surface area contributed by atoms with E-state index in [1.807, 2.05) is 0 Å². The predicted octanol–water partition coefficient (Wildman–Crippen LogP) is 1.32. The first-order valence-corrected chi connectivity index (χ1v) is 7.26. The number of carboxylic acids is 1. The van der Waals surface area contributed by atoms with Crippen LogP contribution in [0, 0.1) is 5.92 Å². The minimum Gasteiger partial charge on any atom is -0.493 e. The van der Waals surface area contributed by atoms with Gasteiger partial charge in [0.2, 0.25) is 5.91 Å². The van der Waals surface area contributed by atoms with E-state index in [0.29, 0.717) is 30.2 Å². The number of carbonyl (C=O) groups is 2. The van der Waals surface area contributed by atoms with E-state index in [0.717, 1.165) is 0 Å². The van der Waals surface area contributed by atoms with Gasteiger partial charge in [-0.25, -0.2) is 0 Å². The minimum atomic E-state index is -0.988. The quantitative estimate of drug-likeness (QED) is 0.815. The van der Waals surface area contributed by atoms with Crippen LogP contribution >= 0.6 is 0 Å². The van der Waals surface area contributed by atoms with E-state index in [2.05, 4.69) is 0 Å². The molecule has 0 radical (unpaired) electrons. The molecule has 1 fully saturated rings. The van der Waals surface area contributed by atoms with Gasteiger partial charge >= 0.3 is 5.97 Å². The third kappa shape index (κ3) is 3.39. The van der Waals surface area contributed by atoms with Crippen molar-refractivity contribution in [3.63, 3.8) is 0 Å². The summed E-state index contributed by atoms with van der Waals surface area (Å²) in [5.74, 6) is -0.916. The van der Waals surface area contributed by atoms with Gasteiger partial charge in [0.15, 0.2) is 11.5 Å². The van der Waals surface area contributed by atoms with E-state index in [9.17, 15) is 14.7 Å². The second-order valence-electron chi connectivity index (χ2n) is 5.29. The van der Waals surface area contributed by atoms with Crippen molar-refractivity contribution in [2.75, 3.05) is 34.5 Å². The Bertz CT molecular complexity index is 588. The minimum absolute atomic E-state index is 0.0158. The first-order chi connectivity index (χ1) is 11.0. The van der Waals surface area contributed by atoms with Gasteiger partial charge in [-0.3, -0.25) is 9.59 Å². The van der Waals surface area contributed by atoms with Crippen molar-refractivity contribution in [3.8, 4) is 11.5 Å². The van der Waals surface area contributed by atoms with Crippen LogP contribution in [0.25, 0.3) is 0 Å². The molecular formula is C16H21NO6. The fourth-order valence-electron chi connectivity index (χ4n) is 2.91. The van der Waals surface area contributed by atoms with E-state index < -0.39 is 17.9 Å². The molecule has 0 spiro atoms. The molecule has 0 saturated carbocycles. The summed E-state index contributed by atoms with van der Waals surface area (Å²) in [5, 5.41) is 9.47. The van der Waals surface area contributed by atoms with Crippen molar-refractivity contribution in [1.29, 1.82) is 0 Å². The SMILES string of the molecule is COCCN1C(=O)CC(C(=O)O)C1c1ccc(OC)c(OC)c1. The molecule has 7 nitrogen and oxygen atoms in total. The van der Waals surface area contributed by atoms with Crippen LogP contribution in [-0.4, -0.2) is 56.4 Å². The number of carbonyl (C=O) groups excluding carboxylic acids is 1. The van der Waals surface area contributed by atoms with Gasteiger partial charge in [-0.15, -0.1) is 0 Å². The van der Waals surface area contributed by atoms with Gasteiger partial charge in [0.25, 0.3) is 0 Å². The Kier molecular flexibility index (Phi) is 5.44. The van der Waals surface area contributed by atoms with Crippen molar-refractivity contribution in [1.82, 2.24) is 4.90 Å². The molecule has 0 bridgehead atoms. The summed E-state index contributed by atoms with van der Waals surface area (Å²) in [7, 11) is 4.58. The lowest BCUT2D eigenvalue weighted by Gasteiger charge is -2.27. The molecule has 1 aromatic carbocycles. The highest BCUT2D eigenvalue weighted by Crippen LogP contribution is 2.41. The molecule has 23 heavy (non-hydrogen) atoms. The Balaban J connectivity index is 2.41. The second-order valence-corrected chi connectivity index (χ2v) is 5.29. The number of amides is 1. The molecule has 1 N–H and O–H groups in total. The monoisotopic (exact) mass is 323 g/mol. The van der Waals surface area contributed by atoms with Crippen LogP contribution < -0.4 is 9.47 Å². The van der Waals surface area contributed by atoms with Crippen molar-refractivity contribution < 1.29 is 28.9 Å². The molecule has 2 atom stereocenters. The first-order valence-electron chi connectivity index (χ1n) is 7.26. The van der Waals surface area contributed by atoms with Crippen molar-refractivity contribution in [2.45, 2.75) is 12.5 Å². The maximum atomic E-state index is 12.2. The highest BCUT2D eigenvalue weighted by molar-refractivity contribution is 5.87. The Morgan fingerprint density at radius 2 is 1.96 bits per heavy atom. The standard InChI is InChI=1S/C16H21NO6/c1-21-7-6-17-14(18)9-11(16(19)20)15(17)10-4-5-12(22-2)13(8-10)23-3/h4-5,8,11,15H,6-7,9H2,1-3H3,(H,19,20). The largest absolute Gasteiger partial charge is 0.493 e. The number of ether oxygens (including phenoxy) is 3. The van der Waals surface area contributed by atoms with E-state index in [-0.39, 0.29) is 12.3 Å². The third-order valence-corrected chi connectivity index (χ3v) is 4.03. The molecule has 1 aromatic rings. The lowest BCUT2D eigenvalue weighted by Crippen LogP contribution is -2.33. The van der Waals surface area contributed by atoms with Gasteiger partial charge in [-0.2, -0.15) is 0 Å². The molecule has 1 aliphatic heterocycles. The van der Waals surface area contributed by atoms with Crippen LogP contribution in [0.15, 0.2) is 18.2 Å². The van der Waals surface area contributed by atoms with Gasteiger partial charge < -0.3 is 24.2 Å². The van der Waals surface area contributed by atoms with Crippen LogP contribution in [0.4, 0.5) is 0 Å².